The van der Waals surface area contributed by atoms with Crippen LogP contribution >= 0.6 is 0 Å². The number of nitrogen functional groups attached to an aromatic ring is 1. The number of nitrogens with two attached hydrogens (primary N) is 1. The second-order valence-electron chi connectivity index (χ2n) is 4.93. The number of hydrogen-bond acceptors (Lipinski definition) is 4. The van der Waals surface area contributed by atoms with Gasteiger partial charge in [0.05, 0.1) is 13.0 Å². The Morgan fingerprint density at radius 1 is 1.16 bits per heavy atom. The molecule has 0 unspecified atom stereocenters. The van der Waals surface area contributed by atoms with Crippen molar-refractivity contribution in [3.8, 4) is 0 Å². The van der Waals surface area contributed by atoms with Crippen molar-refractivity contribution in [2.45, 2.75) is 26.7 Å². The Balaban J connectivity index is 2.09. The minimum Gasteiger partial charge on any atom is -0.463 e. The van der Waals surface area contributed by atoms with Crippen LogP contribution in [0.3, 0.4) is 0 Å². The maximum Gasteiger partial charge on any atom is 0.310 e. The van der Waals surface area contributed by atoms with Gasteiger partial charge in [0.2, 0.25) is 0 Å². The van der Waals surface area contributed by atoms with Crippen LogP contribution in [-0.4, -0.2) is 25.8 Å². The average Bonchev–Trinajstić information content (AvgIpc) is 2.36. The normalized spacial score (nSPS) is 10.7. The molecule has 0 bridgehead atoms. The van der Waals surface area contributed by atoms with E-state index in [4.69, 9.17) is 15.2 Å². The van der Waals surface area contributed by atoms with E-state index in [0.29, 0.717) is 31.4 Å². The molecule has 0 aliphatic rings. The van der Waals surface area contributed by atoms with E-state index in [1.54, 1.807) is 12.1 Å². The molecule has 0 saturated heterocycles. The summed E-state index contributed by atoms with van der Waals surface area (Å²) in [6.45, 7) is 5.78. The second kappa shape index (κ2) is 8.53. The van der Waals surface area contributed by atoms with E-state index < -0.39 is 0 Å². The predicted molar refractivity (Wildman–Crippen MR) is 75.8 cm³/mol. The molecule has 0 atom stereocenters. The molecule has 0 aliphatic carbocycles. The number of hydrogen-bond donors (Lipinski definition) is 1. The van der Waals surface area contributed by atoms with Crippen LogP contribution in [-0.2, 0) is 20.7 Å². The summed E-state index contributed by atoms with van der Waals surface area (Å²) in [5.41, 5.74) is 7.17. The van der Waals surface area contributed by atoms with E-state index in [9.17, 15) is 4.79 Å². The topological polar surface area (TPSA) is 61.5 Å². The lowest BCUT2D eigenvalue weighted by atomic mass is 10.1. The first kappa shape index (κ1) is 15.5. The van der Waals surface area contributed by atoms with Gasteiger partial charge in [0.25, 0.3) is 0 Å². The summed E-state index contributed by atoms with van der Waals surface area (Å²) in [4.78, 5) is 11.5. The molecule has 106 valence electrons. The summed E-state index contributed by atoms with van der Waals surface area (Å²) >= 11 is 0. The highest BCUT2D eigenvalue weighted by atomic mass is 16.6. The van der Waals surface area contributed by atoms with Crippen LogP contribution in [0, 0.1) is 5.92 Å². The van der Waals surface area contributed by atoms with Gasteiger partial charge in [-0.25, -0.2) is 0 Å². The van der Waals surface area contributed by atoms with Crippen LogP contribution in [0.15, 0.2) is 24.3 Å². The summed E-state index contributed by atoms with van der Waals surface area (Å²) in [5.74, 6) is 0.394. The molecule has 4 nitrogen and oxygen atoms in total. The average molecular weight is 265 g/mol. The molecule has 0 heterocycles. The van der Waals surface area contributed by atoms with Gasteiger partial charge in [-0.2, -0.15) is 0 Å². The molecular formula is C15H23NO3. The molecule has 0 fully saturated rings. The van der Waals surface area contributed by atoms with Crippen molar-refractivity contribution in [3.63, 3.8) is 0 Å². The number of benzene rings is 1. The van der Waals surface area contributed by atoms with Gasteiger partial charge in [-0.05, 0) is 30.0 Å². The van der Waals surface area contributed by atoms with Crippen molar-refractivity contribution in [1.82, 2.24) is 0 Å². The highest BCUT2D eigenvalue weighted by molar-refractivity contribution is 5.72. The Hall–Kier alpha value is -1.55. The fourth-order valence-corrected chi connectivity index (χ4v) is 1.49. The van der Waals surface area contributed by atoms with Crippen molar-refractivity contribution >= 4 is 11.7 Å². The van der Waals surface area contributed by atoms with Gasteiger partial charge >= 0.3 is 5.97 Å². The molecule has 0 amide bonds. The van der Waals surface area contributed by atoms with Gasteiger partial charge in [0.15, 0.2) is 0 Å². The maximum atomic E-state index is 11.5. The zero-order valence-electron chi connectivity index (χ0n) is 11.7. The Labute approximate surface area is 114 Å². The number of ether oxygens (including phenoxy) is 2. The van der Waals surface area contributed by atoms with Crippen LogP contribution < -0.4 is 5.73 Å². The fraction of sp³-hybridized carbons (Fsp3) is 0.533. The van der Waals surface area contributed by atoms with Crippen LogP contribution in [0.5, 0.6) is 0 Å². The molecule has 4 heteroatoms. The first-order valence-corrected chi connectivity index (χ1v) is 6.65. The van der Waals surface area contributed by atoms with E-state index in [1.165, 1.54) is 0 Å². The molecule has 0 radical (unpaired) electrons. The van der Waals surface area contributed by atoms with Crippen molar-refractivity contribution in [1.29, 1.82) is 0 Å². The summed E-state index contributed by atoms with van der Waals surface area (Å²) in [5, 5.41) is 0. The van der Waals surface area contributed by atoms with Gasteiger partial charge in [-0.1, -0.05) is 26.0 Å². The fourth-order valence-electron chi connectivity index (χ4n) is 1.49. The van der Waals surface area contributed by atoms with E-state index in [-0.39, 0.29) is 12.4 Å². The van der Waals surface area contributed by atoms with E-state index in [2.05, 4.69) is 13.8 Å². The van der Waals surface area contributed by atoms with Gasteiger partial charge in [-0.15, -0.1) is 0 Å². The molecule has 0 saturated carbocycles. The monoisotopic (exact) mass is 265 g/mol. The number of anilines is 1. The third-order valence-corrected chi connectivity index (χ3v) is 2.66. The molecule has 1 aromatic rings. The number of rotatable bonds is 8. The lowest BCUT2D eigenvalue weighted by molar-refractivity contribution is -0.144. The SMILES string of the molecule is CC(C)CCOCCOC(=O)Cc1ccc(N)cc1. The first-order valence-electron chi connectivity index (χ1n) is 6.65. The summed E-state index contributed by atoms with van der Waals surface area (Å²) in [6, 6.07) is 7.21. The number of carbonyl (C=O) groups is 1. The predicted octanol–water partition coefficient (Wildman–Crippen LogP) is 2.42. The minimum atomic E-state index is -0.239. The lowest BCUT2D eigenvalue weighted by Gasteiger charge is -2.07. The first-order chi connectivity index (χ1) is 9.08. The molecule has 0 spiro atoms. The third-order valence-electron chi connectivity index (χ3n) is 2.66. The zero-order chi connectivity index (χ0) is 14.1. The molecular weight excluding hydrogens is 242 g/mol. The highest BCUT2D eigenvalue weighted by Gasteiger charge is 2.04. The van der Waals surface area contributed by atoms with E-state index in [0.717, 1.165) is 12.0 Å². The van der Waals surface area contributed by atoms with Crippen molar-refractivity contribution in [2.75, 3.05) is 25.6 Å². The van der Waals surface area contributed by atoms with Crippen LogP contribution in [0.1, 0.15) is 25.8 Å². The van der Waals surface area contributed by atoms with E-state index in [1.807, 2.05) is 12.1 Å². The smallest absolute Gasteiger partial charge is 0.310 e. The molecule has 19 heavy (non-hydrogen) atoms. The summed E-state index contributed by atoms with van der Waals surface area (Å²) < 4.78 is 10.5. The minimum absolute atomic E-state index is 0.239. The Kier molecular flexibility index (Phi) is 6.97. The second-order valence-corrected chi connectivity index (χ2v) is 4.93. The number of carbonyl (C=O) groups excluding carboxylic acids is 1. The van der Waals surface area contributed by atoms with E-state index >= 15 is 0 Å². The molecule has 0 aromatic heterocycles. The van der Waals surface area contributed by atoms with Crippen molar-refractivity contribution in [2.24, 2.45) is 5.92 Å². The van der Waals surface area contributed by atoms with Crippen molar-refractivity contribution in [3.05, 3.63) is 29.8 Å². The molecule has 2 N–H and O–H groups in total. The maximum absolute atomic E-state index is 11.5. The number of esters is 1. The zero-order valence-corrected chi connectivity index (χ0v) is 11.7. The summed E-state index contributed by atoms with van der Waals surface area (Å²) in [7, 11) is 0. The lowest BCUT2D eigenvalue weighted by Crippen LogP contribution is -2.13. The Morgan fingerprint density at radius 2 is 1.84 bits per heavy atom. The molecule has 1 aromatic carbocycles. The Morgan fingerprint density at radius 3 is 2.47 bits per heavy atom. The van der Waals surface area contributed by atoms with Crippen LogP contribution in [0.4, 0.5) is 5.69 Å². The third kappa shape index (κ3) is 7.47. The van der Waals surface area contributed by atoms with Crippen molar-refractivity contribution < 1.29 is 14.3 Å². The van der Waals surface area contributed by atoms with Gasteiger partial charge in [0.1, 0.15) is 6.61 Å². The van der Waals surface area contributed by atoms with Crippen LogP contribution in [0.2, 0.25) is 0 Å². The highest BCUT2D eigenvalue weighted by Crippen LogP contribution is 2.06. The molecule has 0 aliphatic heterocycles. The van der Waals surface area contributed by atoms with Crippen LogP contribution in [0.25, 0.3) is 0 Å². The largest absolute Gasteiger partial charge is 0.463 e. The summed E-state index contributed by atoms with van der Waals surface area (Å²) in [6.07, 6.45) is 1.30. The van der Waals surface area contributed by atoms with Gasteiger partial charge < -0.3 is 15.2 Å². The standard InChI is InChI=1S/C15H23NO3/c1-12(2)7-8-18-9-10-19-15(17)11-13-3-5-14(16)6-4-13/h3-6,12H,7-11,16H2,1-2H3. The van der Waals surface area contributed by atoms with Gasteiger partial charge in [-0.3, -0.25) is 4.79 Å². The molecule has 1 rings (SSSR count). The van der Waals surface area contributed by atoms with Gasteiger partial charge in [0, 0.05) is 12.3 Å². The Bertz CT molecular complexity index is 373. The quantitative estimate of drug-likeness (QED) is 0.445.